The third kappa shape index (κ3) is 4.95. The molecule has 24 heavy (non-hydrogen) atoms. The van der Waals surface area contributed by atoms with E-state index in [0.717, 1.165) is 6.54 Å². The minimum Gasteiger partial charge on any atom is -1.00 e. The molecule has 2 heterocycles. The van der Waals surface area contributed by atoms with Crippen molar-refractivity contribution in [3.8, 4) is 0 Å². The van der Waals surface area contributed by atoms with Gasteiger partial charge in [-0.15, -0.1) is 0 Å². The molecule has 2 aliphatic rings. The maximum atomic E-state index is 2.61. The molecule has 3 heteroatoms. The Labute approximate surface area is 158 Å². The van der Waals surface area contributed by atoms with Gasteiger partial charge in [-0.25, -0.2) is 4.58 Å². The van der Waals surface area contributed by atoms with Gasteiger partial charge in [-0.2, -0.15) is 0 Å². The summed E-state index contributed by atoms with van der Waals surface area (Å²) in [6, 6.07) is 10.8. The number of likely N-dealkylation sites (tertiary alicyclic amines) is 1. The van der Waals surface area contributed by atoms with E-state index in [9.17, 15) is 0 Å². The van der Waals surface area contributed by atoms with Crippen LogP contribution in [-0.2, 0) is 6.42 Å². The van der Waals surface area contributed by atoms with Gasteiger partial charge in [0.05, 0.1) is 6.42 Å². The lowest BCUT2D eigenvalue weighted by Crippen LogP contribution is -3.00. The zero-order valence-corrected chi connectivity index (χ0v) is 16.8. The summed E-state index contributed by atoms with van der Waals surface area (Å²) in [6.07, 6.45) is 12.4. The monoisotopic (exact) mass is 390 g/mol. The first-order valence-electron chi connectivity index (χ1n) is 9.25. The van der Waals surface area contributed by atoms with Gasteiger partial charge in [0.25, 0.3) is 0 Å². The van der Waals surface area contributed by atoms with Crippen LogP contribution >= 0.6 is 0 Å². The van der Waals surface area contributed by atoms with Crippen LogP contribution in [0, 0.1) is 0 Å². The fourth-order valence-corrected chi connectivity index (χ4v) is 3.86. The van der Waals surface area contributed by atoms with Gasteiger partial charge < -0.3 is 21.9 Å². The number of halogens is 1. The van der Waals surface area contributed by atoms with Crippen molar-refractivity contribution in [1.29, 1.82) is 0 Å². The molecular formula is C21H31BrN2. The Kier molecular flexibility index (Phi) is 7.09. The van der Waals surface area contributed by atoms with Gasteiger partial charge in [0.15, 0.2) is 11.8 Å². The van der Waals surface area contributed by atoms with Crippen LogP contribution in [0.2, 0.25) is 0 Å². The highest BCUT2D eigenvalue weighted by atomic mass is 79.9. The lowest BCUT2D eigenvalue weighted by atomic mass is 9.93. The predicted octanol–water partition coefficient (Wildman–Crippen LogP) is 1.26. The van der Waals surface area contributed by atoms with E-state index in [1.165, 1.54) is 57.2 Å². The molecular weight excluding hydrogens is 360 g/mol. The van der Waals surface area contributed by atoms with Gasteiger partial charge in [0.2, 0.25) is 0 Å². The Hall–Kier alpha value is -1.09. The van der Waals surface area contributed by atoms with Gasteiger partial charge in [-0.05, 0) is 31.2 Å². The Bertz CT molecular complexity index is 569. The minimum absolute atomic E-state index is 0. The predicted molar refractivity (Wildman–Crippen MR) is 98.2 cm³/mol. The summed E-state index contributed by atoms with van der Waals surface area (Å²) in [5, 5.41) is 0. The molecule has 1 aromatic rings. The molecule has 0 radical (unpaired) electrons. The number of nitrogens with zero attached hydrogens (tertiary/aromatic N) is 2. The highest BCUT2D eigenvalue weighted by Crippen LogP contribution is 2.27. The zero-order chi connectivity index (χ0) is 16.1. The SMILES string of the molecule is CC1(C)CC(N2CCCCC2)=CC=[N+]1CCCc1ccccc1.[Br-]. The number of hydrogen-bond donors (Lipinski definition) is 0. The van der Waals surface area contributed by atoms with Crippen LogP contribution in [0.4, 0.5) is 0 Å². The lowest BCUT2D eigenvalue weighted by Gasteiger charge is -2.36. The quantitative estimate of drug-likeness (QED) is 0.685. The highest BCUT2D eigenvalue weighted by Gasteiger charge is 2.35. The summed E-state index contributed by atoms with van der Waals surface area (Å²) >= 11 is 0. The van der Waals surface area contributed by atoms with Crippen LogP contribution in [-0.4, -0.2) is 40.9 Å². The average molecular weight is 391 g/mol. The van der Waals surface area contributed by atoms with Crippen molar-refractivity contribution in [2.24, 2.45) is 0 Å². The number of allylic oxidation sites excluding steroid dienone is 1. The van der Waals surface area contributed by atoms with Crippen molar-refractivity contribution >= 4 is 6.21 Å². The molecule has 0 bridgehead atoms. The van der Waals surface area contributed by atoms with Crippen molar-refractivity contribution in [1.82, 2.24) is 4.90 Å². The van der Waals surface area contributed by atoms with Crippen LogP contribution in [0.1, 0.15) is 51.5 Å². The molecule has 0 saturated carbocycles. The van der Waals surface area contributed by atoms with E-state index in [0.29, 0.717) is 0 Å². The number of rotatable bonds is 5. The van der Waals surface area contributed by atoms with Gasteiger partial charge in [-0.3, -0.25) is 0 Å². The average Bonchev–Trinajstić information content (AvgIpc) is 2.57. The molecule has 1 saturated heterocycles. The smallest absolute Gasteiger partial charge is 0.165 e. The van der Waals surface area contributed by atoms with E-state index in [2.05, 4.69) is 65.9 Å². The molecule has 2 nitrogen and oxygen atoms in total. The lowest BCUT2D eigenvalue weighted by molar-refractivity contribution is -0.598. The van der Waals surface area contributed by atoms with Crippen molar-refractivity contribution < 1.29 is 21.6 Å². The Morgan fingerprint density at radius 3 is 2.42 bits per heavy atom. The highest BCUT2D eigenvalue weighted by molar-refractivity contribution is 5.68. The van der Waals surface area contributed by atoms with Crippen LogP contribution in [0.15, 0.2) is 42.1 Å². The molecule has 0 aliphatic carbocycles. The van der Waals surface area contributed by atoms with Crippen LogP contribution < -0.4 is 17.0 Å². The van der Waals surface area contributed by atoms with Crippen molar-refractivity contribution in [3.63, 3.8) is 0 Å². The fraction of sp³-hybridized carbons (Fsp3) is 0.571. The first-order chi connectivity index (χ1) is 11.1. The van der Waals surface area contributed by atoms with E-state index in [-0.39, 0.29) is 22.5 Å². The van der Waals surface area contributed by atoms with Crippen molar-refractivity contribution in [2.45, 2.75) is 57.9 Å². The topological polar surface area (TPSA) is 6.25 Å². The molecule has 1 fully saturated rings. The number of hydrogen-bond acceptors (Lipinski definition) is 1. The molecule has 0 spiro atoms. The molecule has 1 aromatic carbocycles. The molecule has 132 valence electrons. The standard InChI is InChI=1S/C21H31N2.BrH/c1-21(2)18-20(22-14-7-4-8-15-22)13-17-23(21)16-9-12-19-10-5-3-6-11-19;/h3,5-6,10-11,13,17H,4,7-9,12,14-16,18H2,1-2H3;1H/q+1;/p-1. The number of piperidine rings is 1. The van der Waals surface area contributed by atoms with E-state index >= 15 is 0 Å². The summed E-state index contributed by atoms with van der Waals surface area (Å²) in [5.41, 5.74) is 3.24. The van der Waals surface area contributed by atoms with E-state index in [1.807, 2.05) is 0 Å². The zero-order valence-electron chi connectivity index (χ0n) is 15.2. The Balaban J connectivity index is 0.00000208. The van der Waals surface area contributed by atoms with E-state index in [1.54, 1.807) is 5.70 Å². The Morgan fingerprint density at radius 1 is 1.04 bits per heavy atom. The first kappa shape index (κ1) is 19.2. The summed E-state index contributed by atoms with van der Waals surface area (Å²) in [6.45, 7) is 8.44. The van der Waals surface area contributed by atoms with Gasteiger partial charge >= 0.3 is 0 Å². The summed E-state index contributed by atoms with van der Waals surface area (Å²) in [5.74, 6) is 0. The first-order valence-corrected chi connectivity index (χ1v) is 9.25. The van der Waals surface area contributed by atoms with Crippen LogP contribution in [0.3, 0.4) is 0 Å². The van der Waals surface area contributed by atoms with Gasteiger partial charge in [0.1, 0.15) is 6.54 Å². The van der Waals surface area contributed by atoms with Crippen LogP contribution in [0.5, 0.6) is 0 Å². The fourth-order valence-electron chi connectivity index (χ4n) is 3.86. The van der Waals surface area contributed by atoms with Crippen molar-refractivity contribution in [2.75, 3.05) is 19.6 Å². The minimum atomic E-state index is 0. The van der Waals surface area contributed by atoms with Crippen LogP contribution in [0.25, 0.3) is 0 Å². The number of aryl methyl sites for hydroxylation is 1. The largest absolute Gasteiger partial charge is 1.00 e. The van der Waals surface area contributed by atoms with Gasteiger partial charge in [0, 0.05) is 45.1 Å². The Morgan fingerprint density at radius 2 is 1.75 bits per heavy atom. The summed E-state index contributed by atoms with van der Waals surface area (Å²) in [7, 11) is 0. The second-order valence-corrected chi connectivity index (χ2v) is 7.63. The van der Waals surface area contributed by atoms with Gasteiger partial charge in [-0.1, -0.05) is 30.3 Å². The third-order valence-corrected chi connectivity index (χ3v) is 5.31. The molecule has 0 amide bonds. The summed E-state index contributed by atoms with van der Waals surface area (Å²) < 4.78 is 2.55. The maximum Gasteiger partial charge on any atom is 0.165 e. The second-order valence-electron chi connectivity index (χ2n) is 7.63. The van der Waals surface area contributed by atoms with E-state index in [4.69, 9.17) is 0 Å². The molecule has 3 rings (SSSR count). The third-order valence-electron chi connectivity index (χ3n) is 5.31. The molecule has 0 atom stereocenters. The second kappa shape index (κ2) is 8.84. The maximum absolute atomic E-state index is 2.61. The molecule has 0 aromatic heterocycles. The summed E-state index contributed by atoms with van der Waals surface area (Å²) in [4.78, 5) is 2.61. The normalized spacial score (nSPS) is 20.0. The molecule has 2 aliphatic heterocycles. The van der Waals surface area contributed by atoms with E-state index < -0.39 is 0 Å². The van der Waals surface area contributed by atoms with Crippen molar-refractivity contribution in [3.05, 3.63) is 47.7 Å². The molecule has 0 N–H and O–H groups in total. The molecule has 0 unspecified atom stereocenters. The number of benzene rings is 1.